The smallest absolute Gasteiger partial charge is 0.454 e. The molecule has 0 atom stereocenters. The molecule has 6 heterocycles. The number of hydrogen-bond donors (Lipinski definition) is 2. The highest BCUT2D eigenvalue weighted by molar-refractivity contribution is 9.10. The Bertz CT molecular complexity index is 7100. The molecule has 0 fully saturated rings. The molecule has 2 aliphatic carbocycles. The van der Waals surface area contributed by atoms with Crippen molar-refractivity contribution in [1.82, 2.24) is 39.0 Å². The van der Waals surface area contributed by atoms with Crippen molar-refractivity contribution in [2.24, 2.45) is 0 Å². The average Bonchev–Trinajstić information content (AvgIpc) is 1.55. The summed E-state index contributed by atoms with van der Waals surface area (Å²) in [5.74, 6) is 5.86. The second-order valence-corrected chi connectivity index (χ2v) is 30.6. The summed E-state index contributed by atoms with van der Waals surface area (Å²) in [6.07, 6.45) is 0. The van der Waals surface area contributed by atoms with Crippen LogP contribution in [0.4, 0.5) is 0 Å². The van der Waals surface area contributed by atoms with E-state index in [0.717, 1.165) is 100.0 Å². The predicted octanol–water partition coefficient (Wildman–Crippen LogP) is 24.9. The Hall–Kier alpha value is -14.8. The highest BCUT2D eigenvalue weighted by Gasteiger charge is 2.54. The van der Waals surface area contributed by atoms with E-state index in [1.807, 2.05) is 121 Å². The van der Waals surface area contributed by atoms with Crippen molar-refractivity contribution in [3.05, 3.63) is 437 Å². The molecule has 2 N–H and O–H groups in total. The van der Waals surface area contributed by atoms with Gasteiger partial charge in [0.1, 0.15) is 11.5 Å². The van der Waals surface area contributed by atoms with Crippen LogP contribution in [-0.2, 0) is 10.8 Å². The quantitative estimate of drug-likeness (QED) is 0.141. The van der Waals surface area contributed by atoms with E-state index < -0.39 is 17.9 Å². The fourth-order valence-corrected chi connectivity index (χ4v) is 19.0. The molecule has 0 saturated carbocycles. The molecule has 0 bridgehead atoms. The van der Waals surface area contributed by atoms with Gasteiger partial charge in [-0.1, -0.05) is 355 Å². The minimum absolute atomic E-state index is 0. The zero-order valence-corrected chi connectivity index (χ0v) is 64.8. The molecule has 16 aromatic carbocycles. The molecule has 24 rings (SSSR count). The van der Waals surface area contributed by atoms with E-state index in [9.17, 15) is 10.0 Å². The molecule has 0 unspecified atom stereocenters. The van der Waals surface area contributed by atoms with Gasteiger partial charge < -0.3 is 28.7 Å². The lowest BCUT2D eigenvalue weighted by molar-refractivity contribution is 0.422. The van der Waals surface area contributed by atoms with Gasteiger partial charge in [-0.15, -0.1) is 0 Å². The van der Waals surface area contributed by atoms with E-state index in [-0.39, 0.29) is 22.0 Å². The molecule has 20 aromatic rings. The molecule has 2 spiro atoms. The lowest BCUT2D eigenvalue weighted by Crippen LogP contribution is -2.36. The van der Waals surface area contributed by atoms with Crippen molar-refractivity contribution in [2.75, 3.05) is 0 Å². The number of hydrogen-bond acceptors (Lipinski definition) is 10. The molecular formula is C106H76BBrN8O4. The molecule has 0 amide bonds. The molecule has 4 aromatic heterocycles. The van der Waals surface area contributed by atoms with Crippen LogP contribution in [0.2, 0.25) is 0 Å². The van der Waals surface area contributed by atoms with Gasteiger partial charge in [0.2, 0.25) is 0 Å². The molecular weight excluding hydrogens is 1540 g/mol. The lowest BCUT2D eigenvalue weighted by Gasteiger charge is -2.40. The van der Waals surface area contributed by atoms with Gasteiger partial charge in [0.15, 0.2) is 46.3 Å². The molecule has 0 radical (unpaired) electrons. The largest absolute Gasteiger partial charge is 0.528 e. The van der Waals surface area contributed by atoms with Gasteiger partial charge in [-0.3, -0.25) is 0 Å². The summed E-state index contributed by atoms with van der Waals surface area (Å²) in [6, 6.07) is 135. The van der Waals surface area contributed by atoms with Gasteiger partial charge in [0.05, 0.1) is 54.3 Å². The normalized spacial score (nSPS) is 12.8. The molecule has 12 nitrogen and oxygen atoms in total. The molecule has 4 aliphatic rings. The van der Waals surface area contributed by atoms with Gasteiger partial charge in [-0.25, -0.2) is 29.9 Å². The summed E-state index contributed by atoms with van der Waals surface area (Å²) < 4.78 is 20.2. The zero-order valence-electron chi connectivity index (χ0n) is 63.2. The van der Waals surface area contributed by atoms with E-state index in [1.165, 1.54) is 77.1 Å². The Morgan fingerprint density at radius 1 is 0.250 bits per heavy atom. The number of rotatable bonds is 8. The molecule has 574 valence electrons. The van der Waals surface area contributed by atoms with Gasteiger partial charge in [0.25, 0.3) is 0 Å². The van der Waals surface area contributed by atoms with E-state index in [0.29, 0.717) is 29.1 Å². The van der Waals surface area contributed by atoms with Crippen LogP contribution < -0.4 is 15.2 Å². The summed E-state index contributed by atoms with van der Waals surface area (Å²) in [5, 5.41) is 23.6. The van der Waals surface area contributed by atoms with Gasteiger partial charge in [0, 0.05) is 67.5 Å². The third-order valence-corrected chi connectivity index (χ3v) is 24.1. The SMILES string of the molecule is Brc1cccc2c1Oc1c(-n3c4ccccc4c4ccccc43)cccc1C21c2ccccc2-c2ccccc21.C.C.OB(O)c1nc(-c2ccccc2)nc(-c2ccccc2)n1.[2HH].c1ccc(-c2nc(-c3ccccc3)nc(-c3cccc4c3Oc3c(-n5c6ccccc6c6ccccc65)cccc3C43c4ccccc4-c4ccccc43)n2)cc1. The number of ether oxygens (including phenoxy) is 2. The molecule has 14 heteroatoms. The van der Waals surface area contributed by atoms with Gasteiger partial charge in [-0.2, -0.15) is 0 Å². The van der Waals surface area contributed by atoms with Crippen LogP contribution in [0.3, 0.4) is 0 Å². The number of halogens is 1. The lowest BCUT2D eigenvalue weighted by atomic mass is 9.65. The monoisotopic (exact) mass is 1620 g/mol. The Balaban J connectivity index is 0.000000131. The topological polar surface area (TPSA) is 146 Å². The maximum Gasteiger partial charge on any atom is 0.528 e. The molecule has 2 aliphatic heterocycles. The predicted molar refractivity (Wildman–Crippen MR) is 490 cm³/mol. The van der Waals surface area contributed by atoms with Crippen LogP contribution in [0.5, 0.6) is 23.0 Å². The highest BCUT2D eigenvalue weighted by atomic mass is 79.9. The Labute approximate surface area is 704 Å². The van der Waals surface area contributed by atoms with Crippen LogP contribution in [0.15, 0.2) is 393 Å². The summed E-state index contributed by atoms with van der Waals surface area (Å²) in [4.78, 5) is 28.1. The summed E-state index contributed by atoms with van der Waals surface area (Å²) in [6.45, 7) is 0. The maximum absolute atomic E-state index is 9.37. The van der Waals surface area contributed by atoms with Gasteiger partial charge in [-0.05, 0) is 109 Å². The van der Waals surface area contributed by atoms with Gasteiger partial charge >= 0.3 is 7.12 Å². The average molecular weight is 1620 g/mol. The fourth-order valence-electron chi connectivity index (χ4n) is 18.6. The second-order valence-electron chi connectivity index (χ2n) is 29.7. The first kappa shape index (κ1) is 74.1. The summed E-state index contributed by atoms with van der Waals surface area (Å²) >= 11 is 3.87. The van der Waals surface area contributed by atoms with Crippen molar-refractivity contribution in [1.29, 1.82) is 0 Å². The number of para-hydroxylation sites is 8. The maximum atomic E-state index is 9.37. The Kier molecular flexibility index (Phi) is 18.5. The van der Waals surface area contributed by atoms with Crippen molar-refractivity contribution in [3.63, 3.8) is 0 Å². The van der Waals surface area contributed by atoms with E-state index in [1.54, 1.807) is 0 Å². The third kappa shape index (κ3) is 11.6. The third-order valence-electron chi connectivity index (χ3n) is 23.4. The molecule has 120 heavy (non-hydrogen) atoms. The fraction of sp³-hybridized carbons (Fsp3) is 0.0377. The van der Waals surface area contributed by atoms with Crippen molar-refractivity contribution >= 4 is 72.4 Å². The molecule has 0 saturated heterocycles. The van der Waals surface area contributed by atoms with Crippen LogP contribution >= 0.6 is 15.9 Å². The first-order chi connectivity index (χ1) is 58.3. The van der Waals surface area contributed by atoms with Crippen molar-refractivity contribution in [2.45, 2.75) is 25.7 Å². The number of nitrogens with zero attached hydrogens (tertiary/aromatic N) is 8. The van der Waals surface area contributed by atoms with Crippen LogP contribution in [0, 0.1) is 0 Å². The minimum Gasteiger partial charge on any atom is -0.454 e. The Morgan fingerprint density at radius 2 is 0.508 bits per heavy atom. The Morgan fingerprint density at radius 3 is 0.867 bits per heavy atom. The first-order valence-electron chi connectivity index (χ1n) is 39.3. The van der Waals surface area contributed by atoms with E-state index >= 15 is 0 Å². The standard InChI is InChI=1S/C52H32N4O.C37H22BrNO.C15H12BN3O2.2CH4.H2/c1-3-17-33(18-4-1)49-53-50(34-19-5-2-6-20-34)55-51(54-49)39-25-15-28-42-47(39)57-48-43(52(42)40-26-11-7-21-35(40)36-22-8-12-27-41(36)52)29-16-32-46(48)56-44-30-13-9-23-37(44)38-24-10-14-31-45(38)56;38-31-19-9-17-29-35(31)40-36-30(37(29)27-15-5-1-11-23(27)24-12-2-6-16-28(24)37)18-10-22-34(36)39-32-20-7-3-13-25(32)26-14-4-8-21-33(26)39;20-16(21)15-18-13(11-7-3-1-4-8-11)17-14(19-15)12-9-5-2-6-10-12;;;/h1-32H;1-22H;1-10,20-21H;2*1H4;1H/i;;;;;1+1. The minimum atomic E-state index is -1.74. The number of fused-ring (bicyclic) bond motifs is 24. The number of aromatic nitrogens is 8. The second kappa shape index (κ2) is 30.0. The first-order valence-corrected chi connectivity index (χ1v) is 40.1. The summed E-state index contributed by atoms with van der Waals surface area (Å²) in [7, 11) is -1.74. The van der Waals surface area contributed by atoms with Crippen LogP contribution in [0.1, 0.15) is 60.8 Å². The van der Waals surface area contributed by atoms with Crippen molar-refractivity contribution < 1.29 is 20.9 Å². The highest BCUT2D eigenvalue weighted by Crippen LogP contribution is 2.66. The van der Waals surface area contributed by atoms with E-state index in [4.69, 9.17) is 24.4 Å². The zero-order chi connectivity index (χ0) is 78.6. The van der Waals surface area contributed by atoms with Crippen molar-refractivity contribution in [3.8, 4) is 114 Å². The van der Waals surface area contributed by atoms with E-state index in [2.05, 4.69) is 307 Å². The number of benzene rings is 16. The van der Waals surface area contributed by atoms with Crippen LogP contribution in [0.25, 0.3) is 134 Å². The summed E-state index contributed by atoms with van der Waals surface area (Å²) in [5.41, 5.74) is 24.0. The van der Waals surface area contributed by atoms with Crippen LogP contribution in [-0.4, -0.2) is 56.2 Å².